The number of benzene rings is 1. The lowest BCUT2D eigenvalue weighted by Crippen LogP contribution is -2.48. The largest absolute Gasteiger partial charge is 0.340 e. The fraction of sp³-hybridized carbons (Fsp3) is 0.385. The maximum absolute atomic E-state index is 13.0. The molecule has 3 aromatic heterocycles. The van der Waals surface area contributed by atoms with Crippen molar-refractivity contribution in [3.8, 4) is 5.82 Å². The predicted octanol–water partition coefficient (Wildman–Crippen LogP) is 3.72. The van der Waals surface area contributed by atoms with Gasteiger partial charge >= 0.3 is 0 Å². The van der Waals surface area contributed by atoms with Crippen LogP contribution in [0.5, 0.6) is 0 Å². The Balaban J connectivity index is 1.19. The maximum Gasteiger partial charge on any atom is 0.222 e. The molecular formula is C26H28ClN9O. The van der Waals surface area contributed by atoms with Gasteiger partial charge in [0.1, 0.15) is 0 Å². The van der Waals surface area contributed by atoms with E-state index in [0.717, 1.165) is 35.6 Å². The summed E-state index contributed by atoms with van der Waals surface area (Å²) in [5.74, 6) is 1.55. The number of carbonyl (C=O) groups is 1. The summed E-state index contributed by atoms with van der Waals surface area (Å²) in [4.78, 5) is 20.7. The van der Waals surface area contributed by atoms with Crippen LogP contribution in [-0.4, -0.2) is 71.5 Å². The molecule has 4 heterocycles. The first kappa shape index (κ1) is 24.9. The molecule has 10 nitrogen and oxygen atoms in total. The summed E-state index contributed by atoms with van der Waals surface area (Å²) in [6.07, 6.45) is 1.06. The molecule has 0 radical (unpaired) electrons. The highest BCUT2D eigenvalue weighted by molar-refractivity contribution is 6.31. The predicted molar refractivity (Wildman–Crippen MR) is 140 cm³/mol. The minimum atomic E-state index is 0.152. The second kappa shape index (κ2) is 10.3. The van der Waals surface area contributed by atoms with Crippen LogP contribution in [0.1, 0.15) is 34.8 Å². The van der Waals surface area contributed by atoms with E-state index in [9.17, 15) is 4.79 Å². The van der Waals surface area contributed by atoms with Gasteiger partial charge in [-0.05, 0) is 50.5 Å². The molecule has 5 rings (SSSR count). The van der Waals surface area contributed by atoms with Crippen LogP contribution in [0.15, 0.2) is 30.3 Å². The molecule has 4 aromatic rings. The number of rotatable bonds is 6. The number of carbonyl (C=O) groups excluding carboxylic acids is 1. The van der Waals surface area contributed by atoms with Gasteiger partial charge in [0.15, 0.2) is 23.0 Å². The number of halogens is 1. The van der Waals surface area contributed by atoms with Crippen LogP contribution in [0.25, 0.3) is 16.3 Å². The molecule has 0 unspecified atom stereocenters. The normalized spacial score (nSPS) is 14.3. The number of piperazine rings is 1. The Kier molecular flexibility index (Phi) is 6.91. The van der Waals surface area contributed by atoms with E-state index in [1.165, 1.54) is 0 Å². The van der Waals surface area contributed by atoms with Gasteiger partial charge in [-0.15, -0.1) is 15.3 Å². The number of aromatic nitrogens is 6. The third-order valence-corrected chi connectivity index (χ3v) is 7.30. The third kappa shape index (κ3) is 5.05. The lowest BCUT2D eigenvalue weighted by molar-refractivity contribution is -0.133. The fourth-order valence-corrected chi connectivity index (χ4v) is 4.97. The average molecular weight is 518 g/mol. The lowest BCUT2D eigenvalue weighted by atomic mass is 10.1. The topological polar surface area (TPSA) is 88.8 Å². The Morgan fingerprint density at radius 1 is 1.05 bits per heavy atom. The minimum Gasteiger partial charge on any atom is -0.340 e. The zero-order valence-corrected chi connectivity index (χ0v) is 21.9. The number of fused-ring (bicyclic) bond motifs is 1. The van der Waals surface area contributed by atoms with Gasteiger partial charge in [0.25, 0.3) is 0 Å². The summed E-state index contributed by atoms with van der Waals surface area (Å²) in [5.41, 5.74) is 5.18. The number of aryl methyl sites for hydroxylation is 2. The standard InChI is InChI=1S/C26H28ClN9O/c1-17-22(18(2)35(31-17)25-9-8-24-30-29-19(3)36(24)32-25)6-10-26(37)34-13-11-33(12-14-34)16-20-15-21(28-4)5-7-23(20)27/h5,7-9,15H,6,10-14,16H2,1-3H3. The molecule has 0 atom stereocenters. The molecule has 1 aliphatic heterocycles. The number of hydrogen-bond donors (Lipinski definition) is 0. The Hall–Kier alpha value is -3.81. The van der Waals surface area contributed by atoms with E-state index in [4.69, 9.17) is 23.3 Å². The first-order valence-electron chi connectivity index (χ1n) is 12.2. The Bertz CT molecular complexity index is 1510. The van der Waals surface area contributed by atoms with Gasteiger partial charge in [-0.25, -0.2) is 9.53 Å². The van der Waals surface area contributed by atoms with Crippen LogP contribution in [0.4, 0.5) is 5.69 Å². The van der Waals surface area contributed by atoms with Crippen molar-refractivity contribution in [1.29, 1.82) is 0 Å². The summed E-state index contributed by atoms with van der Waals surface area (Å²) in [6, 6.07) is 9.11. The lowest BCUT2D eigenvalue weighted by Gasteiger charge is -2.35. The van der Waals surface area contributed by atoms with Crippen LogP contribution in [0, 0.1) is 27.3 Å². The van der Waals surface area contributed by atoms with Gasteiger partial charge in [0.2, 0.25) is 5.91 Å². The second-order valence-electron chi connectivity index (χ2n) is 9.31. The highest BCUT2D eigenvalue weighted by Gasteiger charge is 2.23. The summed E-state index contributed by atoms with van der Waals surface area (Å²) >= 11 is 6.33. The van der Waals surface area contributed by atoms with Gasteiger partial charge in [-0.3, -0.25) is 9.69 Å². The van der Waals surface area contributed by atoms with Crippen molar-refractivity contribution in [2.75, 3.05) is 26.2 Å². The molecule has 1 saturated heterocycles. The van der Waals surface area contributed by atoms with Crippen LogP contribution >= 0.6 is 11.6 Å². The monoisotopic (exact) mass is 517 g/mol. The van der Waals surface area contributed by atoms with Gasteiger partial charge < -0.3 is 4.90 Å². The van der Waals surface area contributed by atoms with E-state index in [-0.39, 0.29) is 5.91 Å². The van der Waals surface area contributed by atoms with E-state index in [2.05, 4.69) is 25.0 Å². The van der Waals surface area contributed by atoms with Crippen molar-refractivity contribution < 1.29 is 4.79 Å². The van der Waals surface area contributed by atoms with Crippen molar-refractivity contribution in [3.05, 3.63) is 75.1 Å². The molecule has 0 saturated carbocycles. The molecular weight excluding hydrogens is 490 g/mol. The van der Waals surface area contributed by atoms with E-state index in [1.807, 2.05) is 48.6 Å². The molecule has 0 aliphatic carbocycles. The summed E-state index contributed by atoms with van der Waals surface area (Å²) in [7, 11) is 0. The van der Waals surface area contributed by atoms with Crippen molar-refractivity contribution in [2.45, 2.75) is 40.2 Å². The molecule has 11 heteroatoms. The van der Waals surface area contributed by atoms with Crippen LogP contribution in [-0.2, 0) is 17.8 Å². The zero-order chi connectivity index (χ0) is 26.1. The average Bonchev–Trinajstić information content (AvgIpc) is 3.42. The van der Waals surface area contributed by atoms with E-state index in [0.29, 0.717) is 60.5 Å². The third-order valence-electron chi connectivity index (χ3n) is 6.93. The van der Waals surface area contributed by atoms with Crippen molar-refractivity contribution in [3.63, 3.8) is 0 Å². The maximum atomic E-state index is 13.0. The van der Waals surface area contributed by atoms with Crippen LogP contribution in [0.3, 0.4) is 0 Å². The molecule has 1 aliphatic rings. The van der Waals surface area contributed by atoms with Gasteiger partial charge in [-0.1, -0.05) is 29.8 Å². The first-order valence-corrected chi connectivity index (χ1v) is 12.6. The van der Waals surface area contributed by atoms with Gasteiger partial charge in [0, 0.05) is 49.9 Å². The highest BCUT2D eigenvalue weighted by Crippen LogP contribution is 2.24. The van der Waals surface area contributed by atoms with E-state index in [1.54, 1.807) is 16.6 Å². The molecule has 1 amide bonds. The summed E-state index contributed by atoms with van der Waals surface area (Å²) < 4.78 is 3.52. The van der Waals surface area contributed by atoms with Gasteiger partial charge in [0.05, 0.1) is 12.3 Å². The van der Waals surface area contributed by atoms with E-state index < -0.39 is 0 Å². The molecule has 37 heavy (non-hydrogen) atoms. The summed E-state index contributed by atoms with van der Waals surface area (Å²) in [5, 5.41) is 18.2. The second-order valence-corrected chi connectivity index (χ2v) is 9.72. The summed E-state index contributed by atoms with van der Waals surface area (Å²) in [6.45, 7) is 16.6. The molecule has 1 fully saturated rings. The Morgan fingerprint density at radius 2 is 1.84 bits per heavy atom. The number of hydrogen-bond acceptors (Lipinski definition) is 6. The highest BCUT2D eigenvalue weighted by atomic mass is 35.5. The molecule has 0 spiro atoms. The van der Waals surface area contributed by atoms with E-state index >= 15 is 0 Å². The molecule has 0 N–H and O–H groups in total. The van der Waals surface area contributed by atoms with Crippen LogP contribution in [0.2, 0.25) is 5.02 Å². The van der Waals surface area contributed by atoms with Crippen molar-refractivity contribution >= 4 is 28.8 Å². The van der Waals surface area contributed by atoms with Crippen molar-refractivity contribution in [1.82, 2.24) is 39.4 Å². The molecule has 190 valence electrons. The zero-order valence-electron chi connectivity index (χ0n) is 21.1. The quantitative estimate of drug-likeness (QED) is 0.362. The number of nitrogens with zero attached hydrogens (tertiary/aromatic N) is 9. The first-order chi connectivity index (χ1) is 17.8. The SMILES string of the molecule is [C-]#[N+]c1ccc(Cl)c(CN2CCN(C(=O)CCc3c(C)nn(-c4ccc5nnc(C)n5n4)c3C)CC2)c1. The van der Waals surface area contributed by atoms with Crippen molar-refractivity contribution in [2.24, 2.45) is 0 Å². The minimum absolute atomic E-state index is 0.152. The molecule has 1 aromatic carbocycles. The molecule has 0 bridgehead atoms. The van der Waals surface area contributed by atoms with Gasteiger partial charge in [-0.2, -0.15) is 9.61 Å². The Morgan fingerprint density at radius 3 is 2.59 bits per heavy atom. The van der Waals surface area contributed by atoms with Crippen LogP contribution < -0.4 is 0 Å². The Labute approximate surface area is 220 Å². The number of amides is 1. The fourth-order valence-electron chi connectivity index (χ4n) is 4.80. The smallest absolute Gasteiger partial charge is 0.222 e.